The minimum Gasteiger partial charge on any atom is -0.391 e. The number of rotatable bonds is 2. The summed E-state index contributed by atoms with van der Waals surface area (Å²) < 4.78 is 1.80. The number of nitrogens with one attached hydrogen (secondary N) is 1. The molecular weight excluding hydrogens is 228 g/mol. The van der Waals surface area contributed by atoms with E-state index in [0.717, 1.165) is 25.7 Å². The number of hydrogen-bond acceptors (Lipinski definition) is 2. The Hall–Kier alpha value is -1.29. The summed E-state index contributed by atoms with van der Waals surface area (Å²) in [5, 5.41) is 13.0. The Morgan fingerprint density at radius 3 is 2.72 bits per heavy atom. The van der Waals surface area contributed by atoms with Gasteiger partial charge in [-0.25, -0.2) is 0 Å². The van der Waals surface area contributed by atoms with Crippen molar-refractivity contribution in [3.05, 3.63) is 24.0 Å². The summed E-state index contributed by atoms with van der Waals surface area (Å²) in [6.45, 7) is 0. The van der Waals surface area contributed by atoms with E-state index < -0.39 is 6.10 Å². The maximum absolute atomic E-state index is 12.1. The van der Waals surface area contributed by atoms with Crippen LogP contribution >= 0.6 is 0 Å². The van der Waals surface area contributed by atoms with Gasteiger partial charge in [0.2, 0.25) is 0 Å². The van der Waals surface area contributed by atoms with Gasteiger partial charge in [0.1, 0.15) is 5.69 Å². The third-order valence-electron chi connectivity index (χ3n) is 3.72. The number of aliphatic hydroxyl groups excluding tert-OH is 1. The predicted octanol–water partition coefficient (Wildman–Crippen LogP) is 1.84. The lowest BCUT2D eigenvalue weighted by Crippen LogP contribution is -2.44. The fourth-order valence-corrected chi connectivity index (χ4v) is 2.57. The molecule has 1 heterocycles. The molecule has 0 radical (unpaired) electrons. The SMILES string of the molecule is Cn1cccc1C(=O)N[C@H]1CCCCCC[C@@H]1O. The molecule has 1 aliphatic carbocycles. The highest BCUT2D eigenvalue weighted by molar-refractivity contribution is 5.92. The van der Waals surface area contributed by atoms with Crippen LogP contribution in [0.2, 0.25) is 0 Å². The van der Waals surface area contributed by atoms with Crippen LogP contribution in [-0.4, -0.2) is 27.7 Å². The third kappa shape index (κ3) is 3.13. The topological polar surface area (TPSA) is 54.3 Å². The molecule has 1 saturated carbocycles. The van der Waals surface area contributed by atoms with Crippen LogP contribution in [0.3, 0.4) is 0 Å². The molecule has 0 aliphatic heterocycles. The molecule has 0 unspecified atom stereocenters. The van der Waals surface area contributed by atoms with Gasteiger partial charge in [0.05, 0.1) is 12.1 Å². The Labute approximate surface area is 108 Å². The van der Waals surface area contributed by atoms with Gasteiger partial charge in [0, 0.05) is 13.2 Å². The minimum atomic E-state index is -0.408. The number of aryl methyl sites for hydroxylation is 1. The molecular formula is C14H22N2O2. The molecule has 2 N–H and O–H groups in total. The first-order valence-corrected chi connectivity index (χ1v) is 6.79. The zero-order valence-electron chi connectivity index (χ0n) is 10.9. The highest BCUT2D eigenvalue weighted by Crippen LogP contribution is 2.18. The number of aliphatic hydroxyl groups is 1. The first-order valence-electron chi connectivity index (χ1n) is 6.79. The number of amides is 1. The molecule has 1 aromatic rings. The van der Waals surface area contributed by atoms with Gasteiger partial charge in [-0.05, 0) is 25.0 Å². The number of aromatic nitrogens is 1. The Balaban J connectivity index is 1.98. The first kappa shape index (κ1) is 13.1. The van der Waals surface area contributed by atoms with E-state index in [4.69, 9.17) is 0 Å². The summed E-state index contributed by atoms with van der Waals surface area (Å²) in [6, 6.07) is 3.54. The Morgan fingerprint density at radius 2 is 2.06 bits per heavy atom. The minimum absolute atomic E-state index is 0.0906. The predicted molar refractivity (Wildman–Crippen MR) is 70.4 cm³/mol. The van der Waals surface area contributed by atoms with Crippen molar-refractivity contribution in [1.29, 1.82) is 0 Å². The third-order valence-corrected chi connectivity index (χ3v) is 3.72. The Bertz CT molecular complexity index is 400. The maximum Gasteiger partial charge on any atom is 0.268 e. The molecule has 2 rings (SSSR count). The average molecular weight is 250 g/mol. The smallest absolute Gasteiger partial charge is 0.268 e. The molecule has 0 aromatic carbocycles. The molecule has 0 spiro atoms. The van der Waals surface area contributed by atoms with E-state index >= 15 is 0 Å². The zero-order chi connectivity index (χ0) is 13.0. The first-order chi connectivity index (χ1) is 8.68. The van der Waals surface area contributed by atoms with E-state index in [2.05, 4.69) is 5.32 Å². The van der Waals surface area contributed by atoms with Gasteiger partial charge >= 0.3 is 0 Å². The van der Waals surface area contributed by atoms with E-state index in [1.807, 2.05) is 19.3 Å². The van der Waals surface area contributed by atoms with Gasteiger partial charge in [-0.2, -0.15) is 0 Å². The van der Waals surface area contributed by atoms with Gasteiger partial charge < -0.3 is 15.0 Å². The van der Waals surface area contributed by atoms with Crippen molar-refractivity contribution in [3.8, 4) is 0 Å². The zero-order valence-corrected chi connectivity index (χ0v) is 10.9. The van der Waals surface area contributed by atoms with Crippen molar-refractivity contribution >= 4 is 5.91 Å². The largest absolute Gasteiger partial charge is 0.391 e. The molecule has 18 heavy (non-hydrogen) atoms. The van der Waals surface area contributed by atoms with Crippen LogP contribution in [0.15, 0.2) is 18.3 Å². The van der Waals surface area contributed by atoms with Gasteiger partial charge in [-0.1, -0.05) is 25.7 Å². The van der Waals surface area contributed by atoms with Crippen molar-refractivity contribution in [2.75, 3.05) is 0 Å². The van der Waals surface area contributed by atoms with E-state index in [1.54, 1.807) is 10.6 Å². The molecule has 0 saturated heterocycles. The van der Waals surface area contributed by atoms with Crippen molar-refractivity contribution in [2.45, 2.75) is 50.7 Å². The number of hydrogen-bond donors (Lipinski definition) is 2. The lowest BCUT2D eigenvalue weighted by molar-refractivity contribution is 0.0764. The number of nitrogens with zero attached hydrogens (tertiary/aromatic N) is 1. The second kappa shape index (κ2) is 6.05. The van der Waals surface area contributed by atoms with Crippen LogP contribution in [0.4, 0.5) is 0 Å². The Morgan fingerprint density at radius 1 is 1.33 bits per heavy atom. The second-order valence-corrected chi connectivity index (χ2v) is 5.14. The van der Waals surface area contributed by atoms with Crippen LogP contribution in [0.1, 0.15) is 49.0 Å². The van der Waals surface area contributed by atoms with Gasteiger partial charge in [0.25, 0.3) is 5.91 Å². The molecule has 100 valence electrons. The molecule has 1 fully saturated rings. The van der Waals surface area contributed by atoms with Gasteiger partial charge in [0.15, 0.2) is 0 Å². The Kier molecular flexibility index (Phi) is 4.42. The number of carbonyl (C=O) groups is 1. The van der Waals surface area contributed by atoms with Crippen molar-refractivity contribution in [3.63, 3.8) is 0 Å². The highest BCUT2D eigenvalue weighted by Gasteiger charge is 2.23. The normalized spacial score (nSPS) is 25.2. The summed E-state index contributed by atoms with van der Waals surface area (Å²) in [5.41, 5.74) is 0.643. The van der Waals surface area contributed by atoms with Crippen LogP contribution in [-0.2, 0) is 7.05 Å². The van der Waals surface area contributed by atoms with Crippen molar-refractivity contribution in [1.82, 2.24) is 9.88 Å². The molecule has 4 heteroatoms. The molecule has 0 bridgehead atoms. The van der Waals surface area contributed by atoms with E-state index in [0.29, 0.717) is 5.69 Å². The molecule has 1 amide bonds. The van der Waals surface area contributed by atoms with Crippen LogP contribution < -0.4 is 5.32 Å². The molecule has 4 nitrogen and oxygen atoms in total. The maximum atomic E-state index is 12.1. The summed E-state index contributed by atoms with van der Waals surface area (Å²) in [4.78, 5) is 12.1. The summed E-state index contributed by atoms with van der Waals surface area (Å²) >= 11 is 0. The van der Waals surface area contributed by atoms with Crippen LogP contribution in [0, 0.1) is 0 Å². The van der Waals surface area contributed by atoms with E-state index in [1.165, 1.54) is 12.8 Å². The van der Waals surface area contributed by atoms with Crippen molar-refractivity contribution in [2.24, 2.45) is 7.05 Å². The average Bonchev–Trinajstić information content (AvgIpc) is 2.75. The molecule has 1 aromatic heterocycles. The standard InChI is InChI=1S/C14H22N2O2/c1-16-10-6-8-12(16)14(18)15-11-7-4-2-3-5-9-13(11)17/h6,8,10-11,13,17H,2-5,7,9H2,1H3,(H,15,18)/t11-,13-/m0/s1. The van der Waals surface area contributed by atoms with Crippen LogP contribution in [0.25, 0.3) is 0 Å². The monoisotopic (exact) mass is 250 g/mol. The molecule has 2 atom stereocenters. The second-order valence-electron chi connectivity index (χ2n) is 5.14. The highest BCUT2D eigenvalue weighted by atomic mass is 16.3. The quantitative estimate of drug-likeness (QED) is 0.841. The van der Waals surface area contributed by atoms with Crippen LogP contribution in [0.5, 0.6) is 0 Å². The lowest BCUT2D eigenvalue weighted by atomic mass is 9.94. The van der Waals surface area contributed by atoms with Gasteiger partial charge in [-0.15, -0.1) is 0 Å². The van der Waals surface area contributed by atoms with Gasteiger partial charge in [-0.3, -0.25) is 4.79 Å². The number of carbonyl (C=O) groups excluding carboxylic acids is 1. The summed E-state index contributed by atoms with van der Waals surface area (Å²) in [5.74, 6) is -0.0906. The lowest BCUT2D eigenvalue weighted by Gasteiger charge is -2.26. The fraction of sp³-hybridized carbons (Fsp3) is 0.643. The van der Waals surface area contributed by atoms with E-state index in [-0.39, 0.29) is 11.9 Å². The molecule has 1 aliphatic rings. The fourth-order valence-electron chi connectivity index (χ4n) is 2.57. The van der Waals surface area contributed by atoms with E-state index in [9.17, 15) is 9.90 Å². The summed E-state index contributed by atoms with van der Waals surface area (Å²) in [7, 11) is 1.85. The summed E-state index contributed by atoms with van der Waals surface area (Å²) in [6.07, 6.45) is 7.62. The van der Waals surface area contributed by atoms with Crippen molar-refractivity contribution < 1.29 is 9.90 Å².